The molecule has 1 N–H and O–H groups in total. The summed E-state index contributed by atoms with van der Waals surface area (Å²) < 4.78 is 0. The molecule has 0 aliphatic heterocycles. The number of fused-ring (bicyclic) bond motifs is 5. The van der Waals surface area contributed by atoms with Crippen LogP contribution in [0, 0.1) is 28.6 Å². The Balaban J connectivity index is 1.81. The molecule has 120 valence electrons. The maximum atomic E-state index is 11.9. The molecule has 0 heterocycles. The first-order chi connectivity index (χ1) is 10.4. The number of allylic oxidation sites excluding steroid dienone is 4. The fraction of sp³-hybridized carbons (Fsp3) is 0.750. The van der Waals surface area contributed by atoms with Crippen LogP contribution < -0.4 is 0 Å². The van der Waals surface area contributed by atoms with E-state index in [1.165, 1.54) is 12.0 Å². The van der Waals surface area contributed by atoms with Gasteiger partial charge in [-0.2, -0.15) is 0 Å². The molecule has 22 heavy (non-hydrogen) atoms. The molecule has 4 aliphatic carbocycles. The van der Waals surface area contributed by atoms with Crippen LogP contribution in [-0.2, 0) is 4.79 Å². The summed E-state index contributed by atoms with van der Waals surface area (Å²) in [5.74, 6) is 1.83. The van der Waals surface area contributed by atoms with E-state index in [-0.39, 0.29) is 16.9 Å². The summed E-state index contributed by atoms with van der Waals surface area (Å²) in [7, 11) is 0. The van der Waals surface area contributed by atoms with E-state index in [1.54, 1.807) is 5.57 Å². The first kappa shape index (κ1) is 14.7. The number of carbonyl (C=O) groups is 1. The monoisotopic (exact) mass is 300 g/mol. The molecule has 0 aromatic rings. The highest BCUT2D eigenvalue weighted by molar-refractivity contribution is 5.92. The van der Waals surface area contributed by atoms with Gasteiger partial charge in [-0.25, -0.2) is 0 Å². The molecule has 0 bridgehead atoms. The minimum atomic E-state index is -0.132. The van der Waals surface area contributed by atoms with Gasteiger partial charge in [0, 0.05) is 11.8 Å². The van der Waals surface area contributed by atoms with Crippen LogP contribution in [0.3, 0.4) is 0 Å². The number of hydrogen-bond acceptors (Lipinski definition) is 2. The molecule has 2 fully saturated rings. The molecule has 4 rings (SSSR count). The summed E-state index contributed by atoms with van der Waals surface area (Å²) in [6.07, 6.45) is 10.4. The molecule has 2 saturated carbocycles. The Bertz CT molecular complexity index is 587. The first-order valence-electron chi connectivity index (χ1n) is 9.01. The molecular formula is C20H28O2. The van der Waals surface area contributed by atoms with Crippen LogP contribution in [0.1, 0.15) is 59.3 Å². The molecule has 0 saturated heterocycles. The lowest BCUT2D eigenvalue weighted by atomic mass is 9.49. The fourth-order valence-corrected chi connectivity index (χ4v) is 6.23. The van der Waals surface area contributed by atoms with Crippen molar-refractivity contribution in [3.63, 3.8) is 0 Å². The van der Waals surface area contributed by atoms with Crippen LogP contribution >= 0.6 is 0 Å². The molecular weight excluding hydrogens is 272 g/mol. The summed E-state index contributed by atoms with van der Waals surface area (Å²) in [6.45, 7) is 6.95. The first-order valence-corrected chi connectivity index (χ1v) is 9.01. The molecule has 6 atom stereocenters. The maximum Gasteiger partial charge on any atom is 0.155 e. The minimum Gasteiger partial charge on any atom is -0.393 e. The third kappa shape index (κ3) is 1.73. The maximum absolute atomic E-state index is 11.9. The number of rotatable bonds is 0. The van der Waals surface area contributed by atoms with Gasteiger partial charge < -0.3 is 5.11 Å². The topological polar surface area (TPSA) is 37.3 Å². The Kier molecular flexibility index (Phi) is 3.05. The van der Waals surface area contributed by atoms with Gasteiger partial charge in [0.1, 0.15) is 0 Å². The average Bonchev–Trinajstić information content (AvgIpc) is 2.77. The molecule has 4 aliphatic rings. The smallest absolute Gasteiger partial charge is 0.155 e. The van der Waals surface area contributed by atoms with E-state index in [1.807, 2.05) is 6.08 Å². The third-order valence-corrected chi connectivity index (χ3v) is 7.63. The normalized spacial score (nSPS) is 50.6. The molecule has 6 unspecified atom stereocenters. The van der Waals surface area contributed by atoms with Gasteiger partial charge in [0.25, 0.3) is 0 Å². The van der Waals surface area contributed by atoms with E-state index in [4.69, 9.17) is 0 Å². The molecule has 0 radical (unpaired) electrons. The zero-order valence-electron chi connectivity index (χ0n) is 14.1. The molecule has 0 aromatic heterocycles. The molecule has 2 nitrogen and oxygen atoms in total. The van der Waals surface area contributed by atoms with Gasteiger partial charge in [-0.1, -0.05) is 38.0 Å². The van der Waals surface area contributed by atoms with E-state index in [9.17, 15) is 9.90 Å². The zero-order chi connectivity index (χ0) is 15.7. The van der Waals surface area contributed by atoms with Crippen molar-refractivity contribution in [1.82, 2.24) is 0 Å². The van der Waals surface area contributed by atoms with Gasteiger partial charge in [0.2, 0.25) is 0 Å². The van der Waals surface area contributed by atoms with Crippen molar-refractivity contribution in [2.24, 2.45) is 28.6 Å². The second-order valence-electron chi connectivity index (χ2n) is 8.68. The number of hydrogen-bond donors (Lipinski definition) is 1. The van der Waals surface area contributed by atoms with Crippen molar-refractivity contribution < 1.29 is 9.90 Å². The highest BCUT2D eigenvalue weighted by Gasteiger charge is 2.56. The van der Waals surface area contributed by atoms with Gasteiger partial charge >= 0.3 is 0 Å². The lowest BCUT2D eigenvalue weighted by molar-refractivity contribution is -0.116. The van der Waals surface area contributed by atoms with E-state index >= 15 is 0 Å². The quantitative estimate of drug-likeness (QED) is 0.685. The van der Waals surface area contributed by atoms with Crippen molar-refractivity contribution in [3.05, 3.63) is 23.3 Å². The fourth-order valence-electron chi connectivity index (χ4n) is 6.23. The van der Waals surface area contributed by atoms with Crippen LogP contribution in [0.25, 0.3) is 0 Å². The van der Waals surface area contributed by atoms with Crippen LogP contribution in [0.5, 0.6) is 0 Å². The summed E-state index contributed by atoms with van der Waals surface area (Å²) in [5.41, 5.74) is 3.25. The average molecular weight is 300 g/mol. The summed E-state index contributed by atoms with van der Waals surface area (Å²) in [6, 6.07) is 0. The predicted molar refractivity (Wildman–Crippen MR) is 87.2 cm³/mol. The molecule has 2 heteroatoms. The second kappa shape index (κ2) is 4.56. The van der Waals surface area contributed by atoms with Gasteiger partial charge in [0.15, 0.2) is 5.78 Å². The number of carbonyl (C=O) groups excluding carboxylic acids is 1. The Hall–Kier alpha value is -0.890. The van der Waals surface area contributed by atoms with Crippen molar-refractivity contribution in [2.45, 2.75) is 65.4 Å². The summed E-state index contributed by atoms with van der Waals surface area (Å²) in [4.78, 5) is 11.9. The standard InChI is InChI=1S/C20H28O2/c1-12-10-14-15-4-5-18(22)20(15,3)9-7-16(14)19(2)8-6-13(21)11-17(12)19/h10-12,15-16,18,22H,4-9H2,1-3H3. The van der Waals surface area contributed by atoms with Crippen LogP contribution in [0.2, 0.25) is 0 Å². The van der Waals surface area contributed by atoms with Crippen LogP contribution in [-0.4, -0.2) is 17.0 Å². The van der Waals surface area contributed by atoms with Crippen molar-refractivity contribution in [3.8, 4) is 0 Å². The predicted octanol–water partition coefficient (Wildman–Crippen LogP) is 4.05. The van der Waals surface area contributed by atoms with E-state index in [2.05, 4.69) is 26.8 Å². The number of ketones is 1. The zero-order valence-corrected chi connectivity index (χ0v) is 14.1. The third-order valence-electron chi connectivity index (χ3n) is 7.63. The second-order valence-corrected chi connectivity index (χ2v) is 8.68. The summed E-state index contributed by atoms with van der Waals surface area (Å²) >= 11 is 0. The summed E-state index contributed by atoms with van der Waals surface area (Å²) in [5, 5.41) is 10.5. The number of aliphatic hydroxyl groups is 1. The lowest BCUT2D eigenvalue weighted by Gasteiger charge is -2.55. The Morgan fingerprint density at radius 1 is 1.14 bits per heavy atom. The van der Waals surface area contributed by atoms with E-state index < -0.39 is 0 Å². The lowest BCUT2D eigenvalue weighted by Crippen LogP contribution is -2.47. The van der Waals surface area contributed by atoms with Gasteiger partial charge in [-0.05, 0) is 61.3 Å². The Morgan fingerprint density at radius 2 is 1.91 bits per heavy atom. The van der Waals surface area contributed by atoms with Crippen LogP contribution in [0.15, 0.2) is 23.3 Å². The van der Waals surface area contributed by atoms with Gasteiger partial charge in [-0.3, -0.25) is 4.79 Å². The number of aliphatic hydroxyl groups excluding tert-OH is 1. The highest BCUT2D eigenvalue weighted by Crippen LogP contribution is 2.64. The van der Waals surface area contributed by atoms with Gasteiger partial charge in [0.05, 0.1) is 6.10 Å². The van der Waals surface area contributed by atoms with Crippen molar-refractivity contribution in [2.75, 3.05) is 0 Å². The van der Waals surface area contributed by atoms with Crippen molar-refractivity contribution in [1.29, 1.82) is 0 Å². The molecule has 0 aromatic carbocycles. The Morgan fingerprint density at radius 3 is 2.68 bits per heavy atom. The van der Waals surface area contributed by atoms with E-state index in [0.29, 0.717) is 30.0 Å². The largest absolute Gasteiger partial charge is 0.393 e. The van der Waals surface area contributed by atoms with Crippen LogP contribution in [0.4, 0.5) is 0 Å². The van der Waals surface area contributed by atoms with Crippen molar-refractivity contribution >= 4 is 5.78 Å². The highest BCUT2D eigenvalue weighted by atomic mass is 16.3. The Labute approximate surface area is 133 Å². The van der Waals surface area contributed by atoms with E-state index in [0.717, 1.165) is 25.7 Å². The molecule has 0 spiro atoms. The van der Waals surface area contributed by atoms with Gasteiger partial charge in [-0.15, -0.1) is 0 Å². The molecule has 0 amide bonds. The SMILES string of the molecule is CC1C=C2C(CCC3(C)C(O)CCC23)C2(C)CCC(=O)C=C12. The minimum absolute atomic E-state index is 0.0874.